The normalized spacial score (nSPS) is 9.69. The third kappa shape index (κ3) is 1.55. The van der Waals surface area contributed by atoms with Crippen molar-refractivity contribution in [1.29, 1.82) is 5.26 Å². The number of carbonyl (C=O) groups is 1. The number of nitrogens with zero attached hydrogens (tertiary/aromatic N) is 2. The molecule has 78 valence electrons. The molecule has 4 heteroatoms. The molecule has 0 atom stereocenters. The van der Waals surface area contributed by atoms with E-state index in [2.05, 4.69) is 0 Å². The van der Waals surface area contributed by atoms with Gasteiger partial charge >= 0.3 is 0 Å². The lowest BCUT2D eigenvalue weighted by Crippen LogP contribution is -2.17. The summed E-state index contributed by atoms with van der Waals surface area (Å²) in [6.45, 7) is 0. The summed E-state index contributed by atoms with van der Waals surface area (Å²) < 4.78 is 1.61. The zero-order chi connectivity index (χ0) is 11.5. The van der Waals surface area contributed by atoms with Crippen LogP contribution in [0.3, 0.4) is 0 Å². The van der Waals surface area contributed by atoms with Crippen LogP contribution < -0.4 is 5.73 Å². The molecular weight excluding hydrogens is 202 g/mol. The molecule has 1 aromatic heterocycles. The fraction of sp³-hybridized carbons (Fsp3) is 0. The average molecular weight is 211 g/mol. The minimum absolute atomic E-state index is 0.216. The summed E-state index contributed by atoms with van der Waals surface area (Å²) in [5.41, 5.74) is 6.57. The zero-order valence-electron chi connectivity index (χ0n) is 8.42. The quantitative estimate of drug-likeness (QED) is 0.816. The van der Waals surface area contributed by atoms with Gasteiger partial charge in [-0.3, -0.25) is 4.79 Å². The molecule has 2 N–H and O–H groups in total. The summed E-state index contributed by atoms with van der Waals surface area (Å²) in [6.07, 6.45) is 1.66. The number of para-hydroxylation sites is 1. The molecule has 2 rings (SSSR count). The lowest BCUT2D eigenvalue weighted by Gasteiger charge is -2.06. The molecule has 0 unspecified atom stereocenters. The minimum atomic E-state index is -0.606. The third-order valence-corrected chi connectivity index (χ3v) is 2.27. The van der Waals surface area contributed by atoms with Crippen molar-refractivity contribution in [2.24, 2.45) is 5.73 Å². The number of amides is 1. The highest BCUT2D eigenvalue weighted by molar-refractivity contribution is 5.94. The maximum absolute atomic E-state index is 11.3. The molecule has 0 bridgehead atoms. The second kappa shape index (κ2) is 3.91. The van der Waals surface area contributed by atoms with Crippen molar-refractivity contribution >= 4 is 5.91 Å². The summed E-state index contributed by atoms with van der Waals surface area (Å²) in [6, 6.07) is 12.8. The van der Waals surface area contributed by atoms with Gasteiger partial charge in [0.1, 0.15) is 11.8 Å². The molecule has 4 nitrogen and oxygen atoms in total. The first-order valence-electron chi connectivity index (χ1n) is 4.70. The molecule has 2 aromatic rings. The van der Waals surface area contributed by atoms with Gasteiger partial charge in [0.25, 0.3) is 5.91 Å². The highest BCUT2D eigenvalue weighted by Gasteiger charge is 2.14. The molecule has 1 aromatic carbocycles. The van der Waals surface area contributed by atoms with Crippen LogP contribution >= 0.6 is 0 Å². The zero-order valence-corrected chi connectivity index (χ0v) is 8.42. The fourth-order valence-electron chi connectivity index (χ4n) is 1.58. The van der Waals surface area contributed by atoms with E-state index in [0.29, 0.717) is 0 Å². The van der Waals surface area contributed by atoms with Crippen molar-refractivity contribution in [3.8, 4) is 11.8 Å². The van der Waals surface area contributed by atoms with E-state index in [0.717, 1.165) is 5.69 Å². The lowest BCUT2D eigenvalue weighted by atomic mass is 10.2. The number of hydrogen-bond acceptors (Lipinski definition) is 2. The Bertz CT molecular complexity index is 564. The van der Waals surface area contributed by atoms with Gasteiger partial charge in [-0.1, -0.05) is 18.2 Å². The number of carbonyl (C=O) groups excluding carboxylic acids is 1. The van der Waals surface area contributed by atoms with E-state index in [1.165, 1.54) is 0 Å². The van der Waals surface area contributed by atoms with Crippen LogP contribution in [0.25, 0.3) is 5.69 Å². The van der Waals surface area contributed by atoms with E-state index in [-0.39, 0.29) is 11.3 Å². The van der Waals surface area contributed by atoms with Crippen LogP contribution in [-0.4, -0.2) is 10.5 Å². The van der Waals surface area contributed by atoms with Crippen LogP contribution in [-0.2, 0) is 0 Å². The molecule has 0 spiro atoms. The topological polar surface area (TPSA) is 71.8 Å². The van der Waals surface area contributed by atoms with Crippen molar-refractivity contribution in [2.45, 2.75) is 0 Å². The minimum Gasteiger partial charge on any atom is -0.364 e. The fourth-order valence-corrected chi connectivity index (χ4v) is 1.58. The smallest absolute Gasteiger partial charge is 0.267 e. The summed E-state index contributed by atoms with van der Waals surface area (Å²) in [5.74, 6) is -0.606. The predicted octanol–water partition coefficient (Wildman–Crippen LogP) is 1.45. The molecule has 1 heterocycles. The summed E-state index contributed by atoms with van der Waals surface area (Å²) >= 11 is 0. The summed E-state index contributed by atoms with van der Waals surface area (Å²) in [4.78, 5) is 11.3. The first-order valence-corrected chi connectivity index (χ1v) is 4.70. The number of aromatic nitrogens is 1. The van der Waals surface area contributed by atoms with Gasteiger partial charge in [0.15, 0.2) is 0 Å². The Morgan fingerprint density at radius 1 is 1.25 bits per heavy atom. The molecule has 0 radical (unpaired) electrons. The van der Waals surface area contributed by atoms with Crippen molar-refractivity contribution in [1.82, 2.24) is 4.57 Å². The van der Waals surface area contributed by atoms with Crippen molar-refractivity contribution in [3.63, 3.8) is 0 Å². The number of rotatable bonds is 2. The van der Waals surface area contributed by atoms with Crippen molar-refractivity contribution < 1.29 is 4.79 Å². The molecular formula is C12H9N3O. The first kappa shape index (κ1) is 9.99. The SMILES string of the molecule is N#Cc1ccn(-c2ccccc2)c1C(N)=O. The van der Waals surface area contributed by atoms with Crippen LogP contribution in [0.1, 0.15) is 16.1 Å². The summed E-state index contributed by atoms with van der Waals surface area (Å²) in [7, 11) is 0. The van der Waals surface area contributed by atoms with Gasteiger partial charge in [0.05, 0.1) is 5.56 Å². The molecule has 0 aliphatic rings. The van der Waals surface area contributed by atoms with Gasteiger partial charge < -0.3 is 10.3 Å². The number of nitriles is 1. The molecule has 0 saturated carbocycles. The Labute approximate surface area is 92.5 Å². The molecule has 0 aliphatic heterocycles. The Balaban J connectivity index is 2.64. The van der Waals surface area contributed by atoms with Gasteiger partial charge in [-0.05, 0) is 18.2 Å². The van der Waals surface area contributed by atoms with E-state index < -0.39 is 5.91 Å². The first-order chi connectivity index (χ1) is 7.74. The second-order valence-electron chi connectivity index (χ2n) is 3.26. The lowest BCUT2D eigenvalue weighted by molar-refractivity contribution is 0.0993. The number of benzene rings is 1. The molecule has 0 aliphatic carbocycles. The van der Waals surface area contributed by atoms with Crippen LogP contribution in [0.5, 0.6) is 0 Å². The molecule has 0 fully saturated rings. The monoisotopic (exact) mass is 211 g/mol. The van der Waals surface area contributed by atoms with Gasteiger partial charge in [-0.25, -0.2) is 0 Å². The van der Waals surface area contributed by atoms with Crippen molar-refractivity contribution in [3.05, 3.63) is 53.9 Å². The Morgan fingerprint density at radius 2 is 1.94 bits per heavy atom. The number of hydrogen-bond donors (Lipinski definition) is 1. The largest absolute Gasteiger partial charge is 0.364 e. The maximum atomic E-state index is 11.3. The van der Waals surface area contributed by atoms with E-state index in [4.69, 9.17) is 11.0 Å². The van der Waals surface area contributed by atoms with Crippen molar-refractivity contribution in [2.75, 3.05) is 0 Å². The van der Waals surface area contributed by atoms with E-state index in [1.54, 1.807) is 16.8 Å². The van der Waals surface area contributed by atoms with Crippen LogP contribution in [0.15, 0.2) is 42.6 Å². The standard InChI is InChI=1S/C12H9N3O/c13-8-9-6-7-15(11(9)12(14)16)10-4-2-1-3-5-10/h1-7H,(H2,14,16). The second-order valence-corrected chi connectivity index (χ2v) is 3.26. The highest BCUT2D eigenvalue weighted by atomic mass is 16.1. The Hall–Kier alpha value is -2.54. The van der Waals surface area contributed by atoms with Gasteiger partial charge in [0.2, 0.25) is 0 Å². The third-order valence-electron chi connectivity index (χ3n) is 2.27. The number of nitrogens with two attached hydrogens (primary N) is 1. The Morgan fingerprint density at radius 3 is 2.50 bits per heavy atom. The van der Waals surface area contributed by atoms with E-state index in [1.807, 2.05) is 36.4 Å². The highest BCUT2D eigenvalue weighted by Crippen LogP contribution is 2.15. The maximum Gasteiger partial charge on any atom is 0.267 e. The molecule has 16 heavy (non-hydrogen) atoms. The predicted molar refractivity (Wildman–Crippen MR) is 59.0 cm³/mol. The van der Waals surface area contributed by atoms with Gasteiger partial charge in [0, 0.05) is 11.9 Å². The van der Waals surface area contributed by atoms with Gasteiger partial charge in [-0.2, -0.15) is 5.26 Å². The molecule has 0 saturated heterocycles. The van der Waals surface area contributed by atoms with E-state index >= 15 is 0 Å². The Kier molecular flexibility index (Phi) is 2.44. The van der Waals surface area contributed by atoms with Gasteiger partial charge in [-0.15, -0.1) is 0 Å². The van der Waals surface area contributed by atoms with E-state index in [9.17, 15) is 4.79 Å². The molecule has 1 amide bonds. The van der Waals surface area contributed by atoms with Crippen LogP contribution in [0.4, 0.5) is 0 Å². The average Bonchev–Trinajstić information content (AvgIpc) is 2.73. The number of primary amides is 1. The van der Waals surface area contributed by atoms with Crippen LogP contribution in [0.2, 0.25) is 0 Å². The summed E-state index contributed by atoms with van der Waals surface area (Å²) in [5, 5.41) is 8.86. The van der Waals surface area contributed by atoms with Crippen LogP contribution in [0, 0.1) is 11.3 Å².